The topological polar surface area (TPSA) is 67.1 Å². The fourth-order valence-electron chi connectivity index (χ4n) is 2.16. The van der Waals surface area contributed by atoms with Crippen LogP contribution in [0.15, 0.2) is 76.5 Å². The Bertz CT molecular complexity index is 915. The summed E-state index contributed by atoms with van der Waals surface area (Å²) in [7, 11) is 0. The average molecular weight is 404 g/mol. The molecule has 0 heterocycles. The lowest BCUT2D eigenvalue weighted by atomic mass is 10.3. The molecule has 4 N–H and O–H groups in total. The van der Waals surface area contributed by atoms with Crippen LogP contribution in [0.5, 0.6) is 0 Å². The third-order valence-electron chi connectivity index (χ3n) is 3.43. The molecule has 0 aliphatic rings. The number of anilines is 3. The number of amides is 2. The van der Waals surface area contributed by atoms with Crippen LogP contribution in [0.3, 0.4) is 0 Å². The van der Waals surface area contributed by atoms with Crippen LogP contribution < -0.4 is 16.4 Å². The van der Waals surface area contributed by atoms with Crippen LogP contribution in [0.1, 0.15) is 0 Å². The summed E-state index contributed by atoms with van der Waals surface area (Å²) in [4.78, 5) is 14.3. The zero-order valence-corrected chi connectivity index (χ0v) is 15.8. The van der Waals surface area contributed by atoms with Gasteiger partial charge in [-0.25, -0.2) is 4.79 Å². The monoisotopic (exact) mass is 403 g/mol. The highest BCUT2D eigenvalue weighted by Gasteiger charge is 2.08. The number of carbonyl (C=O) groups is 1. The van der Waals surface area contributed by atoms with Gasteiger partial charge in [0.2, 0.25) is 0 Å². The van der Waals surface area contributed by atoms with Crippen molar-refractivity contribution in [3.63, 3.8) is 0 Å². The summed E-state index contributed by atoms with van der Waals surface area (Å²) in [5, 5.41) is 6.12. The summed E-state index contributed by atoms with van der Waals surface area (Å²) in [5.74, 6) is 0. The van der Waals surface area contributed by atoms with Gasteiger partial charge in [0.1, 0.15) is 0 Å². The number of halogens is 2. The predicted octanol–water partition coefficient (Wildman–Crippen LogP) is 6.37. The van der Waals surface area contributed by atoms with E-state index in [-0.39, 0.29) is 0 Å². The van der Waals surface area contributed by atoms with E-state index in [1.54, 1.807) is 30.0 Å². The lowest BCUT2D eigenvalue weighted by Crippen LogP contribution is -2.19. The molecule has 0 aliphatic carbocycles. The summed E-state index contributed by atoms with van der Waals surface area (Å²) in [5.41, 5.74) is 7.54. The zero-order chi connectivity index (χ0) is 18.5. The molecule has 0 aromatic heterocycles. The number of nitrogen functional groups attached to an aromatic ring is 1. The van der Waals surface area contributed by atoms with Crippen LogP contribution in [0, 0.1) is 0 Å². The van der Waals surface area contributed by atoms with Crippen molar-refractivity contribution < 1.29 is 4.79 Å². The minimum absolute atomic E-state index is 0.305. The van der Waals surface area contributed by atoms with E-state index in [2.05, 4.69) is 10.6 Å². The largest absolute Gasteiger partial charge is 0.399 e. The smallest absolute Gasteiger partial charge is 0.323 e. The van der Waals surface area contributed by atoms with Crippen LogP contribution in [0.4, 0.5) is 21.9 Å². The molecule has 0 unspecified atom stereocenters. The van der Waals surface area contributed by atoms with Crippen molar-refractivity contribution in [3.05, 3.63) is 76.8 Å². The Morgan fingerprint density at radius 3 is 2.12 bits per heavy atom. The Labute approximate surface area is 165 Å². The minimum atomic E-state index is -0.395. The van der Waals surface area contributed by atoms with Gasteiger partial charge in [0.15, 0.2) is 0 Å². The summed E-state index contributed by atoms with van der Waals surface area (Å²) < 4.78 is 0. The molecule has 3 aromatic carbocycles. The second-order valence-corrected chi connectivity index (χ2v) is 7.31. The minimum Gasteiger partial charge on any atom is -0.399 e. The quantitative estimate of drug-likeness (QED) is 0.443. The number of carbonyl (C=O) groups excluding carboxylic acids is 1. The summed E-state index contributed by atoms with van der Waals surface area (Å²) >= 11 is 13.6. The van der Waals surface area contributed by atoms with E-state index in [1.807, 2.05) is 48.5 Å². The molecule has 0 saturated heterocycles. The summed E-state index contributed by atoms with van der Waals surface area (Å²) in [6.45, 7) is 0. The molecule has 0 atom stereocenters. The fourth-order valence-corrected chi connectivity index (χ4v) is 3.33. The van der Waals surface area contributed by atoms with Gasteiger partial charge in [0, 0.05) is 21.2 Å². The second kappa shape index (κ2) is 8.36. The number of rotatable bonds is 4. The number of benzene rings is 3. The Kier molecular flexibility index (Phi) is 5.93. The molecular formula is C19H15Cl2N3OS. The molecule has 132 valence electrons. The van der Waals surface area contributed by atoms with E-state index >= 15 is 0 Å². The van der Waals surface area contributed by atoms with Gasteiger partial charge in [0.05, 0.1) is 15.7 Å². The third-order valence-corrected chi connectivity index (χ3v) is 5.26. The Balaban J connectivity index is 1.60. The highest BCUT2D eigenvalue weighted by atomic mass is 35.5. The maximum absolute atomic E-state index is 12.1. The van der Waals surface area contributed by atoms with E-state index in [0.29, 0.717) is 21.4 Å². The molecule has 0 spiro atoms. The first-order valence-electron chi connectivity index (χ1n) is 7.67. The van der Waals surface area contributed by atoms with Gasteiger partial charge in [-0.2, -0.15) is 0 Å². The van der Waals surface area contributed by atoms with Gasteiger partial charge in [-0.1, -0.05) is 41.0 Å². The van der Waals surface area contributed by atoms with Crippen molar-refractivity contribution in [2.24, 2.45) is 0 Å². The molecule has 2 amide bonds. The first kappa shape index (κ1) is 18.5. The number of nitrogens with one attached hydrogen (secondary N) is 2. The molecule has 0 bridgehead atoms. The van der Waals surface area contributed by atoms with Crippen molar-refractivity contribution in [1.29, 1.82) is 0 Å². The molecule has 0 saturated carbocycles. The van der Waals surface area contributed by atoms with Crippen molar-refractivity contribution in [2.75, 3.05) is 16.4 Å². The van der Waals surface area contributed by atoms with E-state index in [0.717, 1.165) is 15.5 Å². The average Bonchev–Trinajstić information content (AvgIpc) is 2.62. The SMILES string of the molecule is Nc1ccc(Sc2ccc(NC(=O)Nc3cccc(Cl)c3Cl)cc2)cc1. The molecule has 26 heavy (non-hydrogen) atoms. The summed E-state index contributed by atoms with van der Waals surface area (Å²) in [6, 6.07) is 19.9. The number of hydrogen-bond acceptors (Lipinski definition) is 3. The normalized spacial score (nSPS) is 10.4. The van der Waals surface area contributed by atoms with Gasteiger partial charge in [-0.3, -0.25) is 0 Å². The Morgan fingerprint density at radius 2 is 1.46 bits per heavy atom. The number of urea groups is 1. The van der Waals surface area contributed by atoms with Crippen molar-refractivity contribution in [1.82, 2.24) is 0 Å². The van der Waals surface area contributed by atoms with Crippen LogP contribution in [0.2, 0.25) is 10.0 Å². The van der Waals surface area contributed by atoms with Crippen molar-refractivity contribution in [2.45, 2.75) is 9.79 Å². The second-order valence-electron chi connectivity index (χ2n) is 5.38. The molecule has 3 aromatic rings. The summed E-state index contributed by atoms with van der Waals surface area (Å²) in [6.07, 6.45) is 0. The van der Waals surface area contributed by atoms with E-state index < -0.39 is 6.03 Å². The molecule has 4 nitrogen and oxygen atoms in total. The first-order chi connectivity index (χ1) is 12.5. The maximum Gasteiger partial charge on any atom is 0.323 e. The number of nitrogens with two attached hydrogens (primary N) is 1. The molecule has 3 rings (SSSR count). The van der Waals surface area contributed by atoms with Crippen LogP contribution in [-0.4, -0.2) is 6.03 Å². The maximum atomic E-state index is 12.1. The predicted molar refractivity (Wildman–Crippen MR) is 111 cm³/mol. The van der Waals surface area contributed by atoms with Gasteiger partial charge < -0.3 is 16.4 Å². The van der Waals surface area contributed by atoms with E-state index in [4.69, 9.17) is 28.9 Å². The van der Waals surface area contributed by atoms with Gasteiger partial charge in [0.25, 0.3) is 0 Å². The standard InChI is InChI=1S/C19H15Cl2N3OS/c20-16-2-1-3-17(18(16)21)24-19(25)23-13-6-10-15(11-7-13)26-14-8-4-12(22)5-9-14/h1-11H,22H2,(H2,23,24,25). The molecule has 0 fully saturated rings. The van der Waals surface area contributed by atoms with Crippen molar-refractivity contribution >= 4 is 58.1 Å². The van der Waals surface area contributed by atoms with Gasteiger partial charge in [-0.15, -0.1) is 0 Å². The lowest BCUT2D eigenvalue weighted by molar-refractivity contribution is 0.262. The molecular weight excluding hydrogens is 389 g/mol. The molecule has 0 radical (unpaired) electrons. The van der Waals surface area contributed by atoms with Crippen LogP contribution in [-0.2, 0) is 0 Å². The van der Waals surface area contributed by atoms with Crippen LogP contribution >= 0.6 is 35.0 Å². The number of hydrogen-bond donors (Lipinski definition) is 3. The Morgan fingerprint density at radius 1 is 0.846 bits per heavy atom. The fraction of sp³-hybridized carbons (Fsp3) is 0. The van der Waals surface area contributed by atoms with Crippen LogP contribution in [0.25, 0.3) is 0 Å². The highest BCUT2D eigenvalue weighted by molar-refractivity contribution is 7.99. The van der Waals surface area contributed by atoms with E-state index in [1.165, 1.54) is 0 Å². The molecule has 7 heteroatoms. The first-order valence-corrected chi connectivity index (χ1v) is 9.24. The Hall–Kier alpha value is -2.34. The molecule has 0 aliphatic heterocycles. The van der Waals surface area contributed by atoms with Gasteiger partial charge >= 0.3 is 6.03 Å². The highest BCUT2D eigenvalue weighted by Crippen LogP contribution is 2.30. The van der Waals surface area contributed by atoms with E-state index in [9.17, 15) is 4.79 Å². The van der Waals surface area contributed by atoms with Gasteiger partial charge in [-0.05, 0) is 60.7 Å². The third kappa shape index (κ3) is 4.85. The van der Waals surface area contributed by atoms with Crippen molar-refractivity contribution in [3.8, 4) is 0 Å². The zero-order valence-electron chi connectivity index (χ0n) is 13.5. The lowest BCUT2D eigenvalue weighted by Gasteiger charge is -2.10.